The molecular weight excluding hydrogens is 330 g/mol. The fourth-order valence-corrected chi connectivity index (χ4v) is 3.20. The number of aliphatic hydroxyl groups excluding tert-OH is 1. The Bertz CT molecular complexity index is 643. The molecule has 0 spiro atoms. The Balaban J connectivity index is 2.06. The molecule has 0 bridgehead atoms. The highest BCUT2D eigenvalue weighted by Gasteiger charge is 2.26. The van der Waals surface area contributed by atoms with Gasteiger partial charge in [-0.15, -0.1) is 0 Å². The van der Waals surface area contributed by atoms with Crippen molar-refractivity contribution in [1.29, 1.82) is 0 Å². The van der Waals surface area contributed by atoms with Crippen molar-refractivity contribution in [2.75, 3.05) is 23.8 Å². The van der Waals surface area contributed by atoms with Crippen molar-refractivity contribution in [2.24, 2.45) is 0 Å². The topological polar surface area (TPSA) is 62.4 Å². The second kappa shape index (κ2) is 6.20. The van der Waals surface area contributed by atoms with Crippen LogP contribution in [0.1, 0.15) is 25.7 Å². The van der Waals surface area contributed by atoms with Crippen molar-refractivity contribution in [3.05, 3.63) is 28.9 Å². The minimum Gasteiger partial charge on any atom is -0.398 e. The number of nitrogen functional groups attached to an aromatic ring is 1. The third-order valence-electron chi connectivity index (χ3n) is 4.21. The predicted molar refractivity (Wildman–Crippen MR) is 90.5 cm³/mol. The second-order valence-corrected chi connectivity index (χ2v) is 6.49. The molecule has 2 aromatic rings. The predicted octanol–water partition coefficient (Wildman–Crippen LogP) is 3.32. The lowest BCUT2D eigenvalue weighted by Gasteiger charge is -2.39. The Morgan fingerprint density at radius 2 is 2.19 bits per heavy atom. The first-order chi connectivity index (χ1) is 10.2. The van der Waals surface area contributed by atoms with Crippen molar-refractivity contribution >= 4 is 38.2 Å². The van der Waals surface area contributed by atoms with Gasteiger partial charge in [-0.2, -0.15) is 0 Å². The summed E-state index contributed by atoms with van der Waals surface area (Å²) in [6.07, 6.45) is 6.31. The minimum absolute atomic E-state index is 0.217. The number of halogens is 1. The molecule has 0 saturated heterocycles. The zero-order valence-corrected chi connectivity index (χ0v) is 13.5. The molecule has 5 heteroatoms. The van der Waals surface area contributed by atoms with E-state index in [4.69, 9.17) is 10.8 Å². The van der Waals surface area contributed by atoms with E-state index in [1.165, 1.54) is 19.3 Å². The lowest BCUT2D eigenvalue weighted by Crippen LogP contribution is -2.41. The fourth-order valence-electron chi connectivity index (χ4n) is 2.87. The van der Waals surface area contributed by atoms with Crippen molar-refractivity contribution in [3.8, 4) is 0 Å². The van der Waals surface area contributed by atoms with Gasteiger partial charge in [0.15, 0.2) is 0 Å². The van der Waals surface area contributed by atoms with E-state index in [2.05, 4.69) is 31.9 Å². The van der Waals surface area contributed by atoms with Gasteiger partial charge in [-0.1, -0.05) is 0 Å². The summed E-state index contributed by atoms with van der Waals surface area (Å²) in [5.74, 6) is 0. The summed E-state index contributed by atoms with van der Waals surface area (Å²) in [5.41, 5.74) is 8.92. The fraction of sp³-hybridized carbons (Fsp3) is 0.438. The van der Waals surface area contributed by atoms with Crippen molar-refractivity contribution in [2.45, 2.75) is 31.7 Å². The number of aromatic nitrogens is 1. The van der Waals surface area contributed by atoms with E-state index in [0.29, 0.717) is 6.04 Å². The molecule has 0 aliphatic heterocycles. The molecule has 0 unspecified atom stereocenters. The van der Waals surface area contributed by atoms with Crippen LogP contribution >= 0.6 is 15.9 Å². The number of fused-ring (bicyclic) bond motifs is 1. The normalized spacial score (nSPS) is 15.1. The zero-order chi connectivity index (χ0) is 14.8. The zero-order valence-electron chi connectivity index (χ0n) is 11.9. The minimum atomic E-state index is 0.217. The molecular formula is C16H20BrN3O. The molecule has 4 nitrogen and oxygen atoms in total. The van der Waals surface area contributed by atoms with E-state index < -0.39 is 0 Å². The van der Waals surface area contributed by atoms with Gasteiger partial charge in [-0.05, 0) is 59.8 Å². The lowest BCUT2D eigenvalue weighted by molar-refractivity contribution is 0.283. The Kier molecular flexibility index (Phi) is 4.31. The summed E-state index contributed by atoms with van der Waals surface area (Å²) in [5, 5.41) is 10.1. The molecule has 1 aromatic heterocycles. The maximum absolute atomic E-state index is 9.16. The standard InChI is InChI=1S/C16H20BrN3O/c17-11-9-13-14(18)5-6-15(16(13)19-10-11)20(7-2-8-21)12-3-1-4-12/h5-6,9-10,12,21H,1-4,7-8,18H2. The van der Waals surface area contributed by atoms with Gasteiger partial charge in [-0.25, -0.2) is 0 Å². The molecule has 1 aromatic carbocycles. The molecule has 1 saturated carbocycles. The summed E-state index contributed by atoms with van der Waals surface area (Å²) < 4.78 is 0.935. The van der Waals surface area contributed by atoms with Crippen LogP contribution < -0.4 is 10.6 Å². The first-order valence-electron chi connectivity index (χ1n) is 7.42. The molecule has 1 heterocycles. The van der Waals surface area contributed by atoms with Crippen LogP contribution in [0.4, 0.5) is 11.4 Å². The maximum atomic E-state index is 9.16. The van der Waals surface area contributed by atoms with Crippen LogP contribution in [0.25, 0.3) is 10.9 Å². The first-order valence-corrected chi connectivity index (χ1v) is 8.21. The van der Waals surface area contributed by atoms with Crippen LogP contribution in [0.15, 0.2) is 28.9 Å². The first kappa shape index (κ1) is 14.6. The van der Waals surface area contributed by atoms with Gasteiger partial charge in [0.05, 0.1) is 11.2 Å². The molecule has 0 radical (unpaired) electrons. The molecule has 1 fully saturated rings. The molecule has 1 aliphatic rings. The number of hydrogen-bond acceptors (Lipinski definition) is 4. The van der Waals surface area contributed by atoms with Gasteiger partial charge in [0.1, 0.15) is 0 Å². The highest BCUT2D eigenvalue weighted by molar-refractivity contribution is 9.10. The molecule has 0 atom stereocenters. The van der Waals surface area contributed by atoms with Crippen molar-refractivity contribution in [3.63, 3.8) is 0 Å². The number of rotatable bonds is 5. The number of aliphatic hydroxyl groups is 1. The quantitative estimate of drug-likeness (QED) is 0.812. The van der Waals surface area contributed by atoms with E-state index in [1.54, 1.807) is 0 Å². The maximum Gasteiger partial charge on any atom is 0.0956 e. The van der Waals surface area contributed by atoms with E-state index >= 15 is 0 Å². The number of hydrogen-bond donors (Lipinski definition) is 2. The largest absolute Gasteiger partial charge is 0.398 e. The van der Waals surface area contributed by atoms with E-state index in [0.717, 1.165) is 39.7 Å². The van der Waals surface area contributed by atoms with Crippen LogP contribution in [0, 0.1) is 0 Å². The van der Waals surface area contributed by atoms with Gasteiger partial charge >= 0.3 is 0 Å². The Hall–Kier alpha value is -1.33. The van der Waals surface area contributed by atoms with E-state index in [9.17, 15) is 0 Å². The number of pyridine rings is 1. The van der Waals surface area contributed by atoms with Gasteiger partial charge in [0.2, 0.25) is 0 Å². The smallest absolute Gasteiger partial charge is 0.0956 e. The molecule has 112 valence electrons. The Morgan fingerprint density at radius 3 is 2.86 bits per heavy atom. The second-order valence-electron chi connectivity index (χ2n) is 5.58. The molecule has 21 heavy (non-hydrogen) atoms. The lowest BCUT2D eigenvalue weighted by atomic mass is 9.90. The van der Waals surface area contributed by atoms with Crippen molar-refractivity contribution in [1.82, 2.24) is 4.98 Å². The van der Waals surface area contributed by atoms with E-state index in [-0.39, 0.29) is 6.61 Å². The SMILES string of the molecule is Nc1ccc(N(CCCO)C2CCC2)c2ncc(Br)cc12. The Morgan fingerprint density at radius 1 is 1.38 bits per heavy atom. The van der Waals surface area contributed by atoms with Gasteiger partial charge in [0.25, 0.3) is 0 Å². The molecule has 0 amide bonds. The Labute approximate surface area is 133 Å². The summed E-state index contributed by atoms with van der Waals surface area (Å²) in [7, 11) is 0. The highest BCUT2D eigenvalue weighted by Crippen LogP contribution is 2.36. The van der Waals surface area contributed by atoms with Crippen LogP contribution in [-0.4, -0.2) is 29.3 Å². The summed E-state index contributed by atoms with van der Waals surface area (Å²) in [6.45, 7) is 1.08. The highest BCUT2D eigenvalue weighted by atomic mass is 79.9. The third-order valence-corrected chi connectivity index (χ3v) is 4.64. The van der Waals surface area contributed by atoms with Crippen molar-refractivity contribution < 1.29 is 5.11 Å². The third kappa shape index (κ3) is 2.85. The van der Waals surface area contributed by atoms with Crippen LogP contribution in [0.3, 0.4) is 0 Å². The number of benzene rings is 1. The average Bonchev–Trinajstić information content (AvgIpc) is 2.42. The number of nitrogens with zero attached hydrogens (tertiary/aromatic N) is 2. The average molecular weight is 350 g/mol. The van der Waals surface area contributed by atoms with Gasteiger partial charge in [-0.3, -0.25) is 4.98 Å². The summed E-state index contributed by atoms with van der Waals surface area (Å²) >= 11 is 3.46. The molecule has 1 aliphatic carbocycles. The molecule has 3 rings (SSSR count). The van der Waals surface area contributed by atoms with Crippen LogP contribution in [0.2, 0.25) is 0 Å². The number of anilines is 2. The van der Waals surface area contributed by atoms with E-state index in [1.807, 2.05) is 18.3 Å². The van der Waals surface area contributed by atoms with Crippen LogP contribution in [-0.2, 0) is 0 Å². The van der Waals surface area contributed by atoms with Gasteiger partial charge in [0, 0.05) is 40.9 Å². The summed E-state index contributed by atoms with van der Waals surface area (Å²) in [4.78, 5) is 6.97. The summed E-state index contributed by atoms with van der Waals surface area (Å²) in [6, 6.07) is 6.60. The monoisotopic (exact) mass is 349 g/mol. The van der Waals surface area contributed by atoms with Gasteiger partial charge < -0.3 is 15.7 Å². The molecule has 3 N–H and O–H groups in total. The van der Waals surface area contributed by atoms with Crippen LogP contribution in [0.5, 0.6) is 0 Å². The number of nitrogens with two attached hydrogens (primary N) is 1.